The minimum absolute atomic E-state index is 0. The van der Waals surface area contributed by atoms with Crippen molar-refractivity contribution >= 4 is 49.3 Å². The third-order valence-electron chi connectivity index (χ3n) is 7.87. The van der Waals surface area contributed by atoms with E-state index in [2.05, 4.69) is 74.7 Å². The fourth-order valence-corrected chi connectivity index (χ4v) is 5.97. The van der Waals surface area contributed by atoms with E-state index >= 15 is 0 Å². The average molecular weight is 747 g/mol. The molecule has 44 heavy (non-hydrogen) atoms. The number of imidazole rings is 1. The predicted molar refractivity (Wildman–Crippen MR) is 170 cm³/mol. The van der Waals surface area contributed by atoms with Crippen LogP contribution in [-0.4, -0.2) is 23.9 Å². The largest absolute Gasteiger partial charge is 2.00 e. The maximum absolute atomic E-state index is 6.43. The molecule has 0 bridgehead atoms. The third-order valence-corrected chi connectivity index (χ3v) is 7.87. The van der Waals surface area contributed by atoms with Gasteiger partial charge in [0.1, 0.15) is 5.82 Å². The second kappa shape index (κ2) is 10.4. The summed E-state index contributed by atoms with van der Waals surface area (Å²) in [5.41, 5.74) is 6.58. The molecule has 0 saturated carbocycles. The average Bonchev–Trinajstić information content (AvgIpc) is 3.66. The number of rotatable bonds is 4. The van der Waals surface area contributed by atoms with E-state index in [1.807, 2.05) is 72.9 Å². The Balaban J connectivity index is 0.00000289. The number of para-hydroxylation sites is 1. The molecule has 0 fully saturated rings. The van der Waals surface area contributed by atoms with Crippen molar-refractivity contribution in [2.75, 3.05) is 0 Å². The zero-order chi connectivity index (χ0) is 28.3. The van der Waals surface area contributed by atoms with Gasteiger partial charge in [0.05, 0.1) is 22.4 Å². The fraction of sp³-hybridized carbons (Fsp3) is 0. The van der Waals surface area contributed by atoms with Gasteiger partial charge in [-0.25, -0.2) is 4.98 Å². The number of benzene rings is 4. The van der Waals surface area contributed by atoms with Crippen LogP contribution in [0.1, 0.15) is 0 Å². The maximum Gasteiger partial charge on any atom is 2.00 e. The van der Waals surface area contributed by atoms with Crippen LogP contribution in [0.2, 0.25) is 0 Å². The summed E-state index contributed by atoms with van der Waals surface area (Å²) < 4.78 is 10.6. The Bertz CT molecular complexity index is 2490. The molecule has 0 amide bonds. The summed E-state index contributed by atoms with van der Waals surface area (Å²) in [5.74, 6) is 1.99. The third kappa shape index (κ3) is 4.10. The first-order valence-corrected chi connectivity index (χ1v) is 14.0. The Kier molecular flexibility index (Phi) is 6.24. The fourth-order valence-electron chi connectivity index (χ4n) is 5.97. The summed E-state index contributed by atoms with van der Waals surface area (Å²) in [4.78, 5) is 14.4. The Morgan fingerprint density at radius 1 is 0.614 bits per heavy atom. The number of ether oxygens (including phenoxy) is 1. The first kappa shape index (κ1) is 26.3. The van der Waals surface area contributed by atoms with Gasteiger partial charge >= 0.3 is 21.1 Å². The van der Waals surface area contributed by atoms with Crippen LogP contribution < -0.4 is 4.74 Å². The molecule has 0 radical (unpaired) electrons. The van der Waals surface area contributed by atoms with Crippen molar-refractivity contribution in [3.63, 3.8) is 0 Å². The van der Waals surface area contributed by atoms with Crippen molar-refractivity contribution in [3.8, 4) is 28.6 Å². The molecule has 7 heteroatoms. The van der Waals surface area contributed by atoms with E-state index in [1.54, 1.807) is 6.20 Å². The molecule has 0 N–H and O–H groups in total. The van der Waals surface area contributed by atoms with Gasteiger partial charge < -0.3 is 13.7 Å². The van der Waals surface area contributed by atoms with E-state index in [4.69, 9.17) is 14.7 Å². The second-order valence-electron chi connectivity index (χ2n) is 10.4. The molecular weight excluding hydrogens is 726 g/mol. The smallest absolute Gasteiger partial charge is 0.503 e. The number of nitrogens with zero attached hydrogens (tertiary/aromatic N) is 5. The molecule has 6 nitrogen and oxygen atoms in total. The van der Waals surface area contributed by atoms with Crippen molar-refractivity contribution in [1.29, 1.82) is 0 Å². The molecule has 0 aliphatic rings. The Morgan fingerprint density at radius 3 is 2.23 bits per heavy atom. The van der Waals surface area contributed by atoms with Crippen molar-refractivity contribution in [2.24, 2.45) is 0 Å². The van der Waals surface area contributed by atoms with Crippen LogP contribution >= 0.6 is 0 Å². The molecule has 5 aromatic heterocycles. The van der Waals surface area contributed by atoms with Gasteiger partial charge in [0.25, 0.3) is 0 Å². The predicted octanol–water partition coefficient (Wildman–Crippen LogP) is 8.58. The molecule has 4 aromatic carbocycles. The van der Waals surface area contributed by atoms with Crippen molar-refractivity contribution < 1.29 is 25.8 Å². The summed E-state index contributed by atoms with van der Waals surface area (Å²) >= 11 is 0. The molecule has 0 spiro atoms. The Hall–Kier alpha value is -5.32. The number of hydrogen-bond acceptors (Lipinski definition) is 4. The normalized spacial score (nSPS) is 11.5. The summed E-state index contributed by atoms with van der Waals surface area (Å²) in [6.07, 6.45) is 5.68. The van der Waals surface area contributed by atoms with Crippen molar-refractivity contribution in [2.45, 2.75) is 0 Å². The summed E-state index contributed by atoms with van der Waals surface area (Å²) in [6, 6.07) is 43.5. The van der Waals surface area contributed by atoms with E-state index in [1.165, 1.54) is 0 Å². The van der Waals surface area contributed by atoms with Crippen LogP contribution in [0.4, 0.5) is 0 Å². The van der Waals surface area contributed by atoms with Crippen LogP contribution in [-0.2, 0) is 21.1 Å². The van der Waals surface area contributed by atoms with E-state index in [0.717, 1.165) is 66.3 Å². The SMILES string of the molecule is [Pt+2].[c-]1c(Oc2[c-]c3c(cc2)c2ccccc2n3-c2ccccn2)ccc2c1c1nc(-c3ccccc3)cn1c1cccnc21. The number of hydrogen-bond donors (Lipinski definition) is 0. The summed E-state index contributed by atoms with van der Waals surface area (Å²) in [7, 11) is 0. The first-order chi connectivity index (χ1) is 21.3. The van der Waals surface area contributed by atoms with E-state index in [9.17, 15) is 0 Å². The summed E-state index contributed by atoms with van der Waals surface area (Å²) in [6.45, 7) is 0. The van der Waals surface area contributed by atoms with Gasteiger partial charge in [0, 0.05) is 41.2 Å². The van der Waals surface area contributed by atoms with E-state index < -0.39 is 0 Å². The van der Waals surface area contributed by atoms with Crippen LogP contribution in [0.15, 0.2) is 128 Å². The van der Waals surface area contributed by atoms with Gasteiger partial charge in [0.15, 0.2) is 0 Å². The molecule has 9 rings (SSSR count). The molecule has 0 saturated heterocycles. The van der Waals surface area contributed by atoms with Gasteiger partial charge in [0.2, 0.25) is 0 Å². The Labute approximate surface area is 266 Å². The molecule has 0 aliphatic carbocycles. The molecule has 0 unspecified atom stereocenters. The van der Waals surface area contributed by atoms with E-state index in [0.29, 0.717) is 11.5 Å². The number of pyridine rings is 3. The standard InChI is InChI=1S/C37H21N5O.Pt/c1-2-9-24(10-3-1)31-23-41-33-13-8-20-39-36(33)29-18-16-25(21-30(29)37(41)40-31)43-26-15-17-28-27-11-4-5-12-32(27)42(34(28)22-26)35-14-6-7-19-38-35;/h1-20,23H;/q-2;+2. The van der Waals surface area contributed by atoms with Crippen LogP contribution in [0, 0.1) is 12.1 Å². The number of fused-ring (bicyclic) bond motifs is 9. The molecule has 5 heterocycles. The minimum atomic E-state index is 0. The maximum atomic E-state index is 6.43. The molecule has 9 aromatic rings. The monoisotopic (exact) mass is 746 g/mol. The van der Waals surface area contributed by atoms with Gasteiger partial charge in [-0.05, 0) is 35.7 Å². The van der Waals surface area contributed by atoms with Gasteiger partial charge in [-0.15, -0.1) is 23.6 Å². The van der Waals surface area contributed by atoms with Crippen molar-refractivity contribution in [3.05, 3.63) is 140 Å². The van der Waals surface area contributed by atoms with Crippen LogP contribution in [0.5, 0.6) is 11.5 Å². The van der Waals surface area contributed by atoms with Gasteiger partial charge in [-0.1, -0.05) is 83.0 Å². The van der Waals surface area contributed by atoms with Gasteiger partial charge in [-0.3, -0.25) is 9.97 Å². The summed E-state index contributed by atoms with van der Waals surface area (Å²) in [5, 5.41) is 4.03. The first-order valence-electron chi connectivity index (χ1n) is 14.0. The van der Waals surface area contributed by atoms with Gasteiger partial charge in [-0.2, -0.15) is 6.07 Å². The Morgan fingerprint density at radius 2 is 1.36 bits per heavy atom. The molecule has 0 aliphatic heterocycles. The minimum Gasteiger partial charge on any atom is -0.503 e. The second-order valence-corrected chi connectivity index (χ2v) is 10.4. The topological polar surface area (TPSA) is 57.2 Å². The zero-order valence-corrected chi connectivity index (χ0v) is 25.4. The molecule has 210 valence electrons. The van der Waals surface area contributed by atoms with Crippen LogP contribution in [0.25, 0.3) is 66.3 Å². The number of aromatic nitrogens is 5. The van der Waals surface area contributed by atoms with Crippen molar-refractivity contribution in [1.82, 2.24) is 23.9 Å². The molecular formula is C37H21N5OPt. The quantitative estimate of drug-likeness (QED) is 0.134. The van der Waals surface area contributed by atoms with E-state index in [-0.39, 0.29) is 21.1 Å². The zero-order valence-electron chi connectivity index (χ0n) is 23.1. The molecule has 0 atom stereocenters. The van der Waals surface area contributed by atoms with Crippen LogP contribution in [0.3, 0.4) is 0 Å².